The molecule has 2 heterocycles. The molecule has 1 aliphatic rings. The van der Waals surface area contributed by atoms with Gasteiger partial charge < -0.3 is 15.2 Å². The molecule has 5 nitrogen and oxygen atoms in total. The van der Waals surface area contributed by atoms with E-state index in [0.717, 1.165) is 31.9 Å². The van der Waals surface area contributed by atoms with Crippen molar-refractivity contribution in [3.63, 3.8) is 0 Å². The maximum atomic E-state index is 4.64. The largest absolute Gasteiger partial charge is 0.343 e. The fourth-order valence-electron chi connectivity index (χ4n) is 1.52. The molecule has 0 aliphatic carbocycles. The maximum Gasteiger partial charge on any atom is 0.213 e. The summed E-state index contributed by atoms with van der Waals surface area (Å²) >= 11 is 0. The lowest BCUT2D eigenvalue weighted by atomic mass is 10.2. The highest BCUT2D eigenvalue weighted by Crippen LogP contribution is 1.97. The van der Waals surface area contributed by atoms with E-state index < -0.39 is 0 Å². The van der Waals surface area contributed by atoms with Gasteiger partial charge >= 0.3 is 0 Å². The summed E-state index contributed by atoms with van der Waals surface area (Å²) in [7, 11) is 0. The second-order valence-electron chi connectivity index (χ2n) is 3.24. The third-order valence-electron chi connectivity index (χ3n) is 2.25. The summed E-state index contributed by atoms with van der Waals surface area (Å²) in [5.41, 5.74) is 0. The molecule has 1 atom stereocenters. The van der Waals surface area contributed by atoms with E-state index in [9.17, 15) is 0 Å². The monoisotopic (exact) mass is 182 g/mol. The van der Waals surface area contributed by atoms with Gasteiger partial charge in [-0.25, -0.2) is 0 Å². The molecule has 1 aromatic rings. The second kappa shape index (κ2) is 4.34. The van der Waals surface area contributed by atoms with Crippen LogP contribution in [-0.2, 0) is 6.42 Å². The summed E-state index contributed by atoms with van der Waals surface area (Å²) < 4.78 is 4.64. The number of aromatic nitrogens is 2. The highest BCUT2D eigenvalue weighted by atomic mass is 16.5. The average Bonchev–Trinajstić information content (AvgIpc) is 2.75. The van der Waals surface area contributed by atoms with Crippen LogP contribution in [0.1, 0.15) is 12.2 Å². The smallest absolute Gasteiger partial charge is 0.213 e. The Morgan fingerprint density at radius 2 is 2.69 bits per heavy atom. The normalized spacial score (nSPS) is 22.3. The Kier molecular flexibility index (Phi) is 2.89. The van der Waals surface area contributed by atoms with E-state index >= 15 is 0 Å². The molecular weight excluding hydrogens is 168 g/mol. The summed E-state index contributed by atoms with van der Waals surface area (Å²) in [6, 6.07) is 0.618. The number of nitrogens with one attached hydrogen (secondary N) is 2. The van der Waals surface area contributed by atoms with Crippen LogP contribution in [0.3, 0.4) is 0 Å². The highest BCUT2D eigenvalue weighted by Gasteiger charge is 2.12. The molecule has 2 N–H and O–H groups in total. The van der Waals surface area contributed by atoms with E-state index in [1.165, 1.54) is 12.8 Å². The van der Waals surface area contributed by atoms with Gasteiger partial charge in [0.1, 0.15) is 0 Å². The van der Waals surface area contributed by atoms with Gasteiger partial charge in [-0.05, 0) is 13.0 Å². The van der Waals surface area contributed by atoms with Crippen LogP contribution in [0.25, 0.3) is 0 Å². The van der Waals surface area contributed by atoms with Crippen molar-refractivity contribution in [3.8, 4) is 0 Å². The van der Waals surface area contributed by atoms with Crippen molar-refractivity contribution in [2.75, 3.05) is 19.6 Å². The molecule has 2 rings (SSSR count). The molecule has 0 bridgehead atoms. The highest BCUT2D eigenvalue weighted by molar-refractivity contribution is 4.82. The summed E-state index contributed by atoms with van der Waals surface area (Å²) in [5, 5.41) is 10.5. The minimum atomic E-state index is 0.618. The SMILES string of the molecule is c1nc(CCNC2CCNC2)no1. The fraction of sp³-hybridized carbons (Fsp3) is 0.750. The topological polar surface area (TPSA) is 63.0 Å². The van der Waals surface area contributed by atoms with Gasteiger partial charge in [0.25, 0.3) is 0 Å². The molecule has 13 heavy (non-hydrogen) atoms. The molecular formula is C8H14N4O. The van der Waals surface area contributed by atoms with Gasteiger partial charge in [-0.3, -0.25) is 0 Å². The molecule has 1 saturated heterocycles. The van der Waals surface area contributed by atoms with Gasteiger partial charge in [0.05, 0.1) is 0 Å². The Labute approximate surface area is 76.9 Å². The Balaban J connectivity index is 1.63. The van der Waals surface area contributed by atoms with Crippen LogP contribution in [0, 0.1) is 0 Å². The third kappa shape index (κ3) is 2.50. The van der Waals surface area contributed by atoms with Crippen molar-refractivity contribution in [1.82, 2.24) is 20.8 Å². The first-order valence-electron chi connectivity index (χ1n) is 4.64. The van der Waals surface area contributed by atoms with Gasteiger partial charge in [0.15, 0.2) is 5.82 Å². The molecule has 0 aromatic carbocycles. The van der Waals surface area contributed by atoms with Crippen molar-refractivity contribution in [2.24, 2.45) is 0 Å². The molecule has 1 unspecified atom stereocenters. The molecule has 1 aliphatic heterocycles. The zero-order valence-corrected chi connectivity index (χ0v) is 7.49. The van der Waals surface area contributed by atoms with Crippen molar-refractivity contribution < 1.29 is 4.52 Å². The minimum absolute atomic E-state index is 0.618. The Morgan fingerprint density at radius 1 is 1.69 bits per heavy atom. The van der Waals surface area contributed by atoms with Crippen molar-refractivity contribution in [2.45, 2.75) is 18.9 Å². The first kappa shape index (κ1) is 8.65. The molecule has 5 heteroatoms. The van der Waals surface area contributed by atoms with Gasteiger partial charge in [-0.15, -0.1) is 0 Å². The van der Waals surface area contributed by atoms with Crippen LogP contribution in [0.5, 0.6) is 0 Å². The molecule has 0 spiro atoms. The lowest BCUT2D eigenvalue weighted by Gasteiger charge is -2.08. The van der Waals surface area contributed by atoms with Crippen molar-refractivity contribution in [3.05, 3.63) is 12.2 Å². The number of nitrogens with zero attached hydrogens (tertiary/aromatic N) is 2. The van der Waals surface area contributed by atoms with Crippen LogP contribution < -0.4 is 10.6 Å². The van der Waals surface area contributed by atoms with Gasteiger partial charge in [-0.2, -0.15) is 4.98 Å². The Morgan fingerprint density at radius 3 is 3.38 bits per heavy atom. The van der Waals surface area contributed by atoms with Crippen LogP contribution in [0.2, 0.25) is 0 Å². The molecule has 1 fully saturated rings. The third-order valence-corrected chi connectivity index (χ3v) is 2.25. The lowest BCUT2D eigenvalue weighted by Crippen LogP contribution is -2.32. The predicted molar refractivity (Wildman–Crippen MR) is 47.3 cm³/mol. The molecule has 0 saturated carbocycles. The number of rotatable bonds is 4. The van der Waals surface area contributed by atoms with E-state index in [4.69, 9.17) is 0 Å². The summed E-state index contributed by atoms with van der Waals surface area (Å²) in [4.78, 5) is 3.95. The Bertz CT molecular complexity index is 230. The summed E-state index contributed by atoms with van der Waals surface area (Å²) in [6.07, 6.45) is 3.42. The first-order valence-corrected chi connectivity index (χ1v) is 4.64. The standard InChI is InChI=1S/C8H14N4O/c1-3-9-5-7(1)10-4-2-8-11-6-13-12-8/h6-7,9-10H,1-5H2. The number of hydrogen-bond donors (Lipinski definition) is 2. The van der Waals surface area contributed by atoms with Gasteiger partial charge in [0, 0.05) is 25.6 Å². The van der Waals surface area contributed by atoms with Crippen LogP contribution in [0.15, 0.2) is 10.9 Å². The van der Waals surface area contributed by atoms with Crippen LogP contribution >= 0.6 is 0 Å². The van der Waals surface area contributed by atoms with Crippen LogP contribution in [-0.4, -0.2) is 35.8 Å². The molecule has 1 aromatic heterocycles. The average molecular weight is 182 g/mol. The van der Waals surface area contributed by atoms with E-state index in [-0.39, 0.29) is 0 Å². The second-order valence-corrected chi connectivity index (χ2v) is 3.24. The van der Waals surface area contributed by atoms with E-state index in [1.807, 2.05) is 0 Å². The fourth-order valence-corrected chi connectivity index (χ4v) is 1.52. The Hall–Kier alpha value is -0.940. The van der Waals surface area contributed by atoms with E-state index in [2.05, 4.69) is 25.3 Å². The molecule has 0 radical (unpaired) electrons. The quantitative estimate of drug-likeness (QED) is 0.661. The zero-order valence-electron chi connectivity index (χ0n) is 7.49. The summed E-state index contributed by atoms with van der Waals surface area (Å²) in [6.45, 7) is 3.12. The number of hydrogen-bond acceptors (Lipinski definition) is 5. The van der Waals surface area contributed by atoms with Gasteiger partial charge in [-0.1, -0.05) is 5.16 Å². The van der Waals surface area contributed by atoms with Crippen molar-refractivity contribution >= 4 is 0 Å². The lowest BCUT2D eigenvalue weighted by molar-refractivity contribution is 0.408. The van der Waals surface area contributed by atoms with Gasteiger partial charge in [0.2, 0.25) is 6.39 Å². The predicted octanol–water partition coefficient (Wildman–Crippen LogP) is -0.436. The maximum absolute atomic E-state index is 4.64. The van der Waals surface area contributed by atoms with Crippen molar-refractivity contribution in [1.29, 1.82) is 0 Å². The zero-order chi connectivity index (χ0) is 8.93. The first-order chi connectivity index (χ1) is 6.45. The molecule has 72 valence electrons. The van der Waals surface area contributed by atoms with Crippen LogP contribution in [0.4, 0.5) is 0 Å². The van der Waals surface area contributed by atoms with E-state index in [1.54, 1.807) is 0 Å². The summed E-state index contributed by atoms with van der Waals surface area (Å²) in [5.74, 6) is 0.776. The minimum Gasteiger partial charge on any atom is -0.343 e. The molecule has 0 amide bonds. The van der Waals surface area contributed by atoms with E-state index in [0.29, 0.717) is 6.04 Å².